The highest BCUT2D eigenvalue weighted by Crippen LogP contribution is 2.10. The number of fused-ring (bicyclic) bond motifs is 15. The molecule has 0 saturated carbocycles. The van der Waals surface area contributed by atoms with Crippen LogP contribution < -0.4 is 48.3 Å². The molecule has 3 fully saturated rings. The summed E-state index contributed by atoms with van der Waals surface area (Å²) in [5.74, 6) is 0. The quantitative estimate of drug-likeness (QED) is 0.231. The summed E-state index contributed by atoms with van der Waals surface area (Å²) < 4.78 is 0. The lowest BCUT2D eigenvalue weighted by Crippen LogP contribution is -2.66. The Morgan fingerprint density at radius 1 is 0.553 bits per heavy atom. The Hall–Kier alpha value is -2.08. The third-order valence-electron chi connectivity index (χ3n) is 7.65. The number of anilines is 1. The number of rotatable bonds is 6. The molecule has 0 amide bonds. The van der Waals surface area contributed by atoms with Crippen LogP contribution in [-0.4, -0.2) is 89.6 Å². The lowest BCUT2D eigenvalue weighted by molar-refractivity contribution is 0.253. The molecule has 3 aliphatic heterocycles. The van der Waals surface area contributed by atoms with Crippen molar-refractivity contribution in [3.8, 4) is 0 Å². The molecule has 2 aromatic carbocycles. The Balaban J connectivity index is 1.43. The standard InChI is InChI=1S/C29H49N9/c1-24-2-4-25(5-3-24)16-37-28-18-31-10-13-34-21-29(22-35-14-11-32-19-28,23-36-15-12-33-20-28)38-17-26-6-8-27(30)9-7-26/h2-9,31-38H,10-23,30H2,1H3. The summed E-state index contributed by atoms with van der Waals surface area (Å²) in [4.78, 5) is 0. The molecule has 3 heterocycles. The summed E-state index contributed by atoms with van der Waals surface area (Å²) in [5, 5.41) is 30.2. The smallest absolute Gasteiger partial charge is 0.0561 e. The molecule has 9 heteroatoms. The first-order chi connectivity index (χ1) is 18.6. The van der Waals surface area contributed by atoms with Crippen LogP contribution >= 0.6 is 0 Å². The molecule has 10 N–H and O–H groups in total. The number of nitrogens with two attached hydrogens (primary N) is 1. The summed E-state index contributed by atoms with van der Waals surface area (Å²) >= 11 is 0. The lowest BCUT2D eigenvalue weighted by atomic mass is 9.96. The van der Waals surface area contributed by atoms with Crippen LogP contribution in [0.3, 0.4) is 0 Å². The van der Waals surface area contributed by atoms with E-state index in [1.54, 1.807) is 0 Å². The largest absolute Gasteiger partial charge is 0.399 e. The van der Waals surface area contributed by atoms with Crippen molar-refractivity contribution in [2.75, 3.05) is 84.3 Å². The Morgan fingerprint density at radius 2 is 0.868 bits per heavy atom. The zero-order valence-electron chi connectivity index (χ0n) is 23.1. The Morgan fingerprint density at radius 3 is 1.21 bits per heavy atom. The van der Waals surface area contributed by atoms with Crippen LogP contribution in [0.2, 0.25) is 0 Å². The summed E-state index contributed by atoms with van der Waals surface area (Å²) in [6.45, 7) is 14.6. The van der Waals surface area contributed by atoms with Gasteiger partial charge in [0.25, 0.3) is 0 Å². The van der Waals surface area contributed by atoms with Crippen LogP contribution in [0, 0.1) is 6.92 Å². The van der Waals surface area contributed by atoms with Gasteiger partial charge in [-0.25, -0.2) is 0 Å². The van der Waals surface area contributed by atoms with Gasteiger partial charge in [-0.15, -0.1) is 0 Å². The number of benzene rings is 2. The first kappa shape index (κ1) is 28.9. The van der Waals surface area contributed by atoms with E-state index in [1.807, 2.05) is 12.1 Å². The monoisotopic (exact) mass is 523 g/mol. The maximum absolute atomic E-state index is 5.90. The van der Waals surface area contributed by atoms with E-state index >= 15 is 0 Å². The van der Waals surface area contributed by atoms with Crippen LogP contribution in [0.5, 0.6) is 0 Å². The fourth-order valence-electron chi connectivity index (χ4n) is 5.17. The first-order valence-electron chi connectivity index (χ1n) is 14.2. The van der Waals surface area contributed by atoms with Gasteiger partial charge in [0.05, 0.1) is 11.1 Å². The van der Waals surface area contributed by atoms with Crippen molar-refractivity contribution in [3.05, 3.63) is 65.2 Å². The normalized spacial score (nSPS) is 26.4. The predicted octanol–water partition coefficient (Wildman–Crippen LogP) is -0.501. The molecular formula is C29H49N9. The fourth-order valence-corrected chi connectivity index (χ4v) is 5.17. The zero-order valence-corrected chi connectivity index (χ0v) is 23.1. The fraction of sp³-hybridized carbons (Fsp3) is 0.586. The minimum atomic E-state index is -0.116. The van der Waals surface area contributed by atoms with Crippen molar-refractivity contribution in [1.82, 2.24) is 42.5 Å². The molecule has 3 aliphatic rings. The van der Waals surface area contributed by atoms with Crippen molar-refractivity contribution in [3.63, 3.8) is 0 Å². The third kappa shape index (κ3) is 9.29. The number of nitrogens with one attached hydrogen (secondary N) is 8. The van der Waals surface area contributed by atoms with Gasteiger partial charge < -0.3 is 48.3 Å². The van der Waals surface area contributed by atoms with Gasteiger partial charge >= 0.3 is 0 Å². The second-order valence-electron chi connectivity index (χ2n) is 11.1. The van der Waals surface area contributed by atoms with Gasteiger partial charge in [0.2, 0.25) is 0 Å². The minimum absolute atomic E-state index is 0.0937. The molecule has 0 radical (unpaired) electrons. The van der Waals surface area contributed by atoms with Gasteiger partial charge in [0.15, 0.2) is 0 Å². The van der Waals surface area contributed by atoms with E-state index in [4.69, 9.17) is 5.73 Å². The molecule has 5 rings (SSSR count). The molecule has 0 atom stereocenters. The molecule has 0 aliphatic carbocycles. The predicted molar refractivity (Wildman–Crippen MR) is 158 cm³/mol. The van der Waals surface area contributed by atoms with Crippen molar-refractivity contribution < 1.29 is 0 Å². The van der Waals surface area contributed by atoms with Crippen molar-refractivity contribution >= 4 is 5.69 Å². The zero-order chi connectivity index (χ0) is 26.5. The number of hydrogen-bond donors (Lipinski definition) is 9. The number of aryl methyl sites for hydroxylation is 1. The van der Waals surface area contributed by atoms with Crippen LogP contribution in [-0.2, 0) is 13.1 Å². The molecular weight excluding hydrogens is 474 g/mol. The van der Waals surface area contributed by atoms with Crippen LogP contribution in [0.1, 0.15) is 16.7 Å². The van der Waals surface area contributed by atoms with Crippen LogP contribution in [0.25, 0.3) is 0 Å². The Labute approximate surface area is 228 Å². The van der Waals surface area contributed by atoms with E-state index < -0.39 is 0 Å². The van der Waals surface area contributed by atoms with Gasteiger partial charge in [-0.1, -0.05) is 42.0 Å². The molecule has 0 unspecified atom stereocenters. The molecule has 3 saturated heterocycles. The first-order valence-corrected chi connectivity index (χ1v) is 14.2. The van der Waals surface area contributed by atoms with Crippen molar-refractivity contribution in [2.24, 2.45) is 0 Å². The van der Waals surface area contributed by atoms with E-state index in [0.29, 0.717) is 0 Å². The number of hydrogen-bond acceptors (Lipinski definition) is 9. The van der Waals surface area contributed by atoms with Gasteiger partial charge in [-0.05, 0) is 30.2 Å². The van der Waals surface area contributed by atoms with Crippen LogP contribution in [0.4, 0.5) is 5.69 Å². The van der Waals surface area contributed by atoms with Gasteiger partial charge in [0.1, 0.15) is 0 Å². The highest BCUT2D eigenvalue weighted by Gasteiger charge is 2.31. The molecule has 0 aromatic heterocycles. The maximum Gasteiger partial charge on any atom is 0.0561 e. The highest BCUT2D eigenvalue weighted by molar-refractivity contribution is 5.39. The van der Waals surface area contributed by atoms with Gasteiger partial charge in [-0.2, -0.15) is 0 Å². The SMILES string of the molecule is Cc1ccc(CNC23CNCCNCC(NCc4ccc(N)cc4)(CNCCNC2)CNCCNC3)cc1. The van der Waals surface area contributed by atoms with Crippen LogP contribution in [0.15, 0.2) is 48.5 Å². The molecule has 2 aromatic rings. The van der Waals surface area contributed by atoms with E-state index in [2.05, 4.69) is 85.9 Å². The molecule has 0 spiro atoms. The van der Waals surface area contributed by atoms with Crippen molar-refractivity contribution in [2.45, 2.75) is 31.1 Å². The maximum atomic E-state index is 5.90. The second-order valence-corrected chi connectivity index (χ2v) is 11.1. The molecule has 210 valence electrons. The lowest BCUT2D eigenvalue weighted by Gasteiger charge is -2.39. The van der Waals surface area contributed by atoms with E-state index in [-0.39, 0.29) is 11.1 Å². The topological polar surface area (TPSA) is 122 Å². The summed E-state index contributed by atoms with van der Waals surface area (Å²) in [7, 11) is 0. The molecule has 2 bridgehead atoms. The average Bonchev–Trinajstić information content (AvgIpc) is 2.93. The van der Waals surface area contributed by atoms with E-state index in [0.717, 1.165) is 97.3 Å². The Bertz CT molecular complexity index is 811. The van der Waals surface area contributed by atoms with Crippen molar-refractivity contribution in [1.29, 1.82) is 0 Å². The third-order valence-corrected chi connectivity index (χ3v) is 7.65. The summed E-state index contributed by atoms with van der Waals surface area (Å²) in [6.07, 6.45) is 0. The highest BCUT2D eigenvalue weighted by atomic mass is 15.2. The van der Waals surface area contributed by atoms with E-state index in [1.165, 1.54) is 16.7 Å². The minimum Gasteiger partial charge on any atom is -0.399 e. The van der Waals surface area contributed by atoms with Gasteiger partial charge in [0, 0.05) is 97.3 Å². The summed E-state index contributed by atoms with van der Waals surface area (Å²) in [5.41, 5.74) is 10.3. The number of nitrogen functional groups attached to an aromatic ring is 1. The Kier molecular flexibility index (Phi) is 11.3. The van der Waals surface area contributed by atoms with Gasteiger partial charge in [-0.3, -0.25) is 0 Å². The summed E-state index contributed by atoms with van der Waals surface area (Å²) in [6, 6.07) is 17.0. The van der Waals surface area contributed by atoms with E-state index in [9.17, 15) is 0 Å². The molecule has 38 heavy (non-hydrogen) atoms. The second kappa shape index (κ2) is 14.9. The average molecular weight is 524 g/mol. The molecule has 9 nitrogen and oxygen atoms in total.